The smallest absolute Gasteiger partial charge is 0.246 e. The zero-order valence-corrected chi connectivity index (χ0v) is 13.5. The van der Waals surface area contributed by atoms with Crippen molar-refractivity contribution >= 4 is 10.0 Å². The van der Waals surface area contributed by atoms with Crippen molar-refractivity contribution in [1.29, 1.82) is 0 Å². The normalized spacial score (nSPS) is 11.7. The Morgan fingerprint density at radius 2 is 1.91 bits per heavy atom. The number of aryl methyl sites for hydroxylation is 1. The molecule has 0 spiro atoms. The molecule has 22 heavy (non-hydrogen) atoms. The van der Waals surface area contributed by atoms with Crippen LogP contribution in [0, 0.1) is 12.7 Å². The molecule has 0 fully saturated rings. The predicted molar refractivity (Wildman–Crippen MR) is 82.8 cm³/mol. The molecule has 0 unspecified atom stereocenters. The number of hydrogen-bond acceptors (Lipinski definition) is 3. The number of rotatable bonds is 5. The lowest BCUT2D eigenvalue weighted by atomic mass is 10.2. The molecule has 2 aromatic carbocycles. The number of methoxy groups -OCH3 is 1. The molecule has 0 radical (unpaired) electrons. The molecule has 2 rings (SSSR count). The monoisotopic (exact) mass is 323 g/mol. The summed E-state index contributed by atoms with van der Waals surface area (Å²) in [6.45, 7) is 1.89. The molecule has 0 aliphatic rings. The lowest BCUT2D eigenvalue weighted by Gasteiger charge is -2.19. The maximum Gasteiger partial charge on any atom is 0.246 e. The second kappa shape index (κ2) is 6.46. The molecule has 0 saturated carbocycles. The van der Waals surface area contributed by atoms with Crippen LogP contribution < -0.4 is 4.74 Å². The van der Waals surface area contributed by atoms with Gasteiger partial charge in [0.05, 0.1) is 7.11 Å². The predicted octanol–water partition coefficient (Wildman–Crippen LogP) is 2.96. The summed E-state index contributed by atoms with van der Waals surface area (Å²) in [4.78, 5) is 0.105. The van der Waals surface area contributed by atoms with Gasteiger partial charge in [-0.1, -0.05) is 18.2 Å². The number of sulfonamides is 1. The highest BCUT2D eigenvalue weighted by Gasteiger charge is 2.25. The third-order valence-corrected chi connectivity index (χ3v) is 5.13. The van der Waals surface area contributed by atoms with Gasteiger partial charge in [0.2, 0.25) is 10.0 Å². The summed E-state index contributed by atoms with van der Waals surface area (Å²) < 4.78 is 45.0. The highest BCUT2D eigenvalue weighted by atomic mass is 32.2. The first-order valence-electron chi connectivity index (χ1n) is 6.70. The van der Waals surface area contributed by atoms with E-state index in [1.807, 2.05) is 6.92 Å². The molecule has 6 heteroatoms. The van der Waals surface area contributed by atoms with Crippen molar-refractivity contribution < 1.29 is 17.5 Å². The average molecular weight is 323 g/mol. The number of benzene rings is 2. The van der Waals surface area contributed by atoms with Crippen molar-refractivity contribution in [3.63, 3.8) is 0 Å². The van der Waals surface area contributed by atoms with Gasteiger partial charge in [0.15, 0.2) is 0 Å². The Labute approximate surface area is 130 Å². The fourth-order valence-electron chi connectivity index (χ4n) is 2.13. The van der Waals surface area contributed by atoms with Gasteiger partial charge >= 0.3 is 0 Å². The van der Waals surface area contributed by atoms with Gasteiger partial charge in [0.1, 0.15) is 16.5 Å². The summed E-state index contributed by atoms with van der Waals surface area (Å²) in [5.41, 5.74) is 1.40. The first kappa shape index (κ1) is 16.5. The molecule has 0 saturated heterocycles. The van der Waals surface area contributed by atoms with E-state index in [9.17, 15) is 12.8 Å². The fourth-order valence-corrected chi connectivity index (χ4v) is 3.53. The van der Waals surface area contributed by atoms with E-state index in [-0.39, 0.29) is 17.2 Å². The summed E-state index contributed by atoms with van der Waals surface area (Å²) in [5.74, 6) is -0.104. The minimum absolute atomic E-state index is 0.0805. The maximum absolute atomic E-state index is 13.2. The largest absolute Gasteiger partial charge is 0.495 e. The summed E-state index contributed by atoms with van der Waals surface area (Å²) in [6, 6.07) is 10.8. The van der Waals surface area contributed by atoms with E-state index >= 15 is 0 Å². The van der Waals surface area contributed by atoms with Crippen LogP contribution in [0.25, 0.3) is 0 Å². The number of nitrogens with zero attached hydrogens (tertiary/aromatic N) is 1. The van der Waals surface area contributed by atoms with Crippen molar-refractivity contribution in [3.05, 3.63) is 59.4 Å². The Balaban J connectivity index is 2.35. The van der Waals surface area contributed by atoms with Crippen molar-refractivity contribution in [2.45, 2.75) is 18.4 Å². The molecular formula is C16H18FNO3S. The number of hydrogen-bond donors (Lipinski definition) is 0. The van der Waals surface area contributed by atoms with E-state index in [2.05, 4.69) is 0 Å². The van der Waals surface area contributed by atoms with E-state index in [4.69, 9.17) is 4.74 Å². The second-order valence-electron chi connectivity index (χ2n) is 5.05. The molecule has 0 amide bonds. The fraction of sp³-hybridized carbons (Fsp3) is 0.250. The molecule has 0 aliphatic carbocycles. The molecule has 0 N–H and O–H groups in total. The van der Waals surface area contributed by atoms with Crippen LogP contribution in [0.5, 0.6) is 5.75 Å². The summed E-state index contributed by atoms with van der Waals surface area (Å²) in [6.07, 6.45) is 0. The lowest BCUT2D eigenvalue weighted by molar-refractivity contribution is 0.397. The van der Waals surface area contributed by atoms with Gasteiger partial charge in [0.25, 0.3) is 0 Å². The first-order valence-corrected chi connectivity index (χ1v) is 8.14. The second-order valence-corrected chi connectivity index (χ2v) is 7.06. The summed E-state index contributed by atoms with van der Waals surface area (Å²) >= 11 is 0. The Morgan fingerprint density at radius 3 is 2.55 bits per heavy atom. The van der Waals surface area contributed by atoms with Gasteiger partial charge in [-0.25, -0.2) is 12.8 Å². The quantitative estimate of drug-likeness (QED) is 0.850. The van der Waals surface area contributed by atoms with E-state index in [1.165, 1.54) is 30.6 Å². The van der Waals surface area contributed by atoms with E-state index in [0.717, 1.165) is 5.56 Å². The first-order chi connectivity index (χ1) is 10.3. The van der Waals surface area contributed by atoms with Crippen LogP contribution in [0.1, 0.15) is 11.1 Å². The van der Waals surface area contributed by atoms with Crippen LogP contribution in [0.3, 0.4) is 0 Å². The Kier molecular flexibility index (Phi) is 4.83. The standard InChI is InChI=1S/C16H18FNO3S/c1-12-7-8-15(21-3)16(9-12)22(19,20)18(2)11-13-5-4-6-14(17)10-13/h4-10H,11H2,1-3H3. The van der Waals surface area contributed by atoms with Gasteiger partial charge < -0.3 is 4.74 Å². The van der Waals surface area contributed by atoms with Crippen LogP contribution in [0.2, 0.25) is 0 Å². The SMILES string of the molecule is COc1ccc(C)cc1S(=O)(=O)N(C)Cc1cccc(F)c1. The van der Waals surface area contributed by atoms with E-state index in [0.29, 0.717) is 5.56 Å². The summed E-state index contributed by atoms with van der Waals surface area (Å²) in [7, 11) is -0.842. The van der Waals surface area contributed by atoms with Gasteiger partial charge in [-0.2, -0.15) is 4.31 Å². The molecule has 4 nitrogen and oxygen atoms in total. The van der Waals surface area contributed by atoms with Gasteiger partial charge in [0, 0.05) is 13.6 Å². The zero-order valence-electron chi connectivity index (χ0n) is 12.7. The van der Waals surface area contributed by atoms with Crippen molar-refractivity contribution in [2.75, 3.05) is 14.2 Å². The van der Waals surface area contributed by atoms with E-state index < -0.39 is 15.8 Å². The molecule has 0 aliphatic heterocycles. The zero-order chi connectivity index (χ0) is 16.3. The third kappa shape index (κ3) is 3.45. The number of ether oxygens (including phenoxy) is 1. The minimum atomic E-state index is -3.73. The van der Waals surface area contributed by atoms with Crippen molar-refractivity contribution in [1.82, 2.24) is 4.31 Å². The lowest BCUT2D eigenvalue weighted by Crippen LogP contribution is -2.27. The Bertz CT molecular complexity index is 775. The molecule has 0 heterocycles. The van der Waals surface area contributed by atoms with Crippen molar-refractivity contribution in [3.8, 4) is 5.75 Å². The third-order valence-electron chi connectivity index (χ3n) is 3.30. The van der Waals surface area contributed by atoms with Crippen molar-refractivity contribution in [2.24, 2.45) is 0 Å². The van der Waals surface area contributed by atoms with Crippen LogP contribution in [0.4, 0.5) is 4.39 Å². The Hall–Kier alpha value is -1.92. The van der Waals surface area contributed by atoms with Gasteiger partial charge in [-0.05, 0) is 42.3 Å². The van der Waals surface area contributed by atoms with Crippen LogP contribution >= 0.6 is 0 Å². The minimum Gasteiger partial charge on any atom is -0.495 e. The van der Waals surface area contributed by atoms with Crippen LogP contribution in [-0.4, -0.2) is 26.9 Å². The molecule has 0 aromatic heterocycles. The van der Waals surface area contributed by atoms with Crippen LogP contribution in [-0.2, 0) is 16.6 Å². The van der Waals surface area contributed by atoms with E-state index in [1.54, 1.807) is 30.3 Å². The molecule has 0 bridgehead atoms. The van der Waals surface area contributed by atoms with Gasteiger partial charge in [-0.3, -0.25) is 0 Å². The maximum atomic E-state index is 13.2. The molecular weight excluding hydrogens is 305 g/mol. The number of halogens is 1. The molecule has 0 atom stereocenters. The topological polar surface area (TPSA) is 46.6 Å². The van der Waals surface area contributed by atoms with Gasteiger partial charge in [-0.15, -0.1) is 0 Å². The highest BCUT2D eigenvalue weighted by molar-refractivity contribution is 7.89. The summed E-state index contributed by atoms with van der Waals surface area (Å²) in [5, 5.41) is 0. The highest BCUT2D eigenvalue weighted by Crippen LogP contribution is 2.27. The van der Waals surface area contributed by atoms with Crippen LogP contribution in [0.15, 0.2) is 47.4 Å². The average Bonchev–Trinajstić information content (AvgIpc) is 2.47. The molecule has 118 valence electrons. The Morgan fingerprint density at radius 1 is 1.18 bits per heavy atom. The molecule has 2 aromatic rings.